The molecule has 2 aromatic rings. The molecule has 0 aliphatic carbocycles. The molecule has 174 valence electrons. The maximum Gasteiger partial charge on any atom is 0.387 e. The fraction of sp³-hybridized carbons (Fsp3) is 0.458. The zero-order valence-electron chi connectivity index (χ0n) is 18.5. The predicted molar refractivity (Wildman–Crippen MR) is 118 cm³/mol. The minimum Gasteiger partial charge on any atom is -0.497 e. The Labute approximate surface area is 187 Å². The molecule has 0 unspecified atom stereocenters. The molecule has 8 heteroatoms. The number of amides is 1. The molecule has 1 fully saturated rings. The summed E-state index contributed by atoms with van der Waals surface area (Å²) in [6.07, 6.45) is 3.42. The molecule has 0 radical (unpaired) electrons. The lowest BCUT2D eigenvalue weighted by Gasteiger charge is -2.32. The molecule has 1 heterocycles. The molecule has 1 atom stereocenters. The van der Waals surface area contributed by atoms with Crippen LogP contribution < -0.4 is 19.5 Å². The number of methoxy groups -OCH3 is 2. The van der Waals surface area contributed by atoms with Gasteiger partial charge in [-0.05, 0) is 49.4 Å². The number of ether oxygens (including phenoxy) is 3. The summed E-state index contributed by atoms with van der Waals surface area (Å²) in [5, 5.41) is 2.92. The van der Waals surface area contributed by atoms with Gasteiger partial charge in [-0.3, -0.25) is 9.69 Å². The van der Waals surface area contributed by atoms with Crippen molar-refractivity contribution in [2.45, 2.75) is 38.8 Å². The van der Waals surface area contributed by atoms with E-state index in [0.29, 0.717) is 29.5 Å². The van der Waals surface area contributed by atoms with Gasteiger partial charge in [0.05, 0.1) is 14.2 Å². The number of benzene rings is 2. The van der Waals surface area contributed by atoms with Crippen LogP contribution in [0.4, 0.5) is 14.5 Å². The number of halogens is 2. The Bertz CT molecular complexity index is 855. The molecular weight excluding hydrogens is 418 g/mol. The lowest BCUT2D eigenvalue weighted by molar-refractivity contribution is -0.116. The molecular formula is C24H30F2N2O4. The maximum absolute atomic E-state index is 12.5. The maximum atomic E-state index is 12.5. The molecule has 0 bridgehead atoms. The summed E-state index contributed by atoms with van der Waals surface area (Å²) >= 11 is 0. The molecule has 2 aromatic carbocycles. The number of piperidine rings is 1. The zero-order valence-corrected chi connectivity index (χ0v) is 18.5. The summed E-state index contributed by atoms with van der Waals surface area (Å²) in [6, 6.07) is 12.1. The molecule has 6 nitrogen and oxygen atoms in total. The van der Waals surface area contributed by atoms with Crippen LogP contribution in [0.5, 0.6) is 17.2 Å². The first-order valence-electron chi connectivity index (χ1n) is 10.7. The average molecular weight is 449 g/mol. The Balaban J connectivity index is 1.46. The summed E-state index contributed by atoms with van der Waals surface area (Å²) in [4.78, 5) is 14.8. The monoisotopic (exact) mass is 448 g/mol. The third-order valence-electron chi connectivity index (χ3n) is 5.57. The quantitative estimate of drug-likeness (QED) is 0.558. The zero-order chi connectivity index (χ0) is 22.9. The van der Waals surface area contributed by atoms with Gasteiger partial charge in [0.25, 0.3) is 0 Å². The van der Waals surface area contributed by atoms with Crippen molar-refractivity contribution >= 4 is 11.6 Å². The van der Waals surface area contributed by atoms with Crippen molar-refractivity contribution < 1.29 is 27.8 Å². The van der Waals surface area contributed by atoms with Crippen LogP contribution in [0.25, 0.3) is 0 Å². The minimum atomic E-state index is -2.81. The molecule has 32 heavy (non-hydrogen) atoms. The number of alkyl halides is 2. The van der Waals surface area contributed by atoms with E-state index >= 15 is 0 Å². The van der Waals surface area contributed by atoms with Gasteiger partial charge in [-0.2, -0.15) is 8.78 Å². The van der Waals surface area contributed by atoms with Crippen molar-refractivity contribution in [2.75, 3.05) is 32.6 Å². The van der Waals surface area contributed by atoms with Crippen LogP contribution >= 0.6 is 0 Å². The van der Waals surface area contributed by atoms with Crippen LogP contribution in [0.15, 0.2) is 42.5 Å². The molecule has 0 spiro atoms. The molecule has 0 aromatic heterocycles. The van der Waals surface area contributed by atoms with Gasteiger partial charge in [-0.25, -0.2) is 0 Å². The number of nitrogens with one attached hydrogen (secondary N) is 1. The Morgan fingerprint density at radius 2 is 1.78 bits per heavy atom. The first-order valence-corrected chi connectivity index (χ1v) is 10.7. The van der Waals surface area contributed by atoms with Crippen molar-refractivity contribution in [3.63, 3.8) is 0 Å². The van der Waals surface area contributed by atoms with Gasteiger partial charge in [0.1, 0.15) is 17.2 Å². The summed E-state index contributed by atoms with van der Waals surface area (Å²) in [6.45, 7) is -0.162. The Hall–Kier alpha value is -2.87. The summed E-state index contributed by atoms with van der Waals surface area (Å²) in [7, 11) is 3.14. The second-order valence-corrected chi connectivity index (χ2v) is 7.95. The van der Waals surface area contributed by atoms with Gasteiger partial charge >= 0.3 is 6.61 Å². The molecule has 0 saturated carbocycles. The van der Waals surface area contributed by atoms with Gasteiger partial charge in [0, 0.05) is 43.4 Å². The largest absolute Gasteiger partial charge is 0.497 e. The van der Waals surface area contributed by atoms with Crippen LogP contribution in [-0.2, 0) is 11.3 Å². The van der Waals surface area contributed by atoms with Crippen molar-refractivity contribution in [3.05, 3.63) is 48.0 Å². The van der Waals surface area contributed by atoms with E-state index in [1.807, 2.05) is 12.1 Å². The number of nitrogens with zero attached hydrogens (tertiary/aromatic N) is 1. The second kappa shape index (κ2) is 11.7. The number of rotatable bonds is 10. The summed E-state index contributed by atoms with van der Waals surface area (Å²) in [5.74, 6) is 1.82. The highest BCUT2D eigenvalue weighted by Gasteiger charge is 2.21. The van der Waals surface area contributed by atoms with Gasteiger partial charge in [-0.15, -0.1) is 0 Å². The second-order valence-electron chi connectivity index (χ2n) is 7.95. The number of carbonyl (C=O) groups is 1. The number of hydrogen-bond acceptors (Lipinski definition) is 5. The van der Waals surface area contributed by atoms with Crippen LogP contribution in [0.3, 0.4) is 0 Å². The lowest BCUT2D eigenvalue weighted by Crippen LogP contribution is -2.35. The lowest BCUT2D eigenvalue weighted by atomic mass is 9.93. The Kier molecular flexibility index (Phi) is 8.67. The van der Waals surface area contributed by atoms with Crippen molar-refractivity contribution in [2.24, 2.45) is 5.92 Å². The van der Waals surface area contributed by atoms with Crippen LogP contribution in [-0.4, -0.2) is 44.7 Å². The summed E-state index contributed by atoms with van der Waals surface area (Å²) < 4.78 is 39.5. The van der Waals surface area contributed by atoms with E-state index in [9.17, 15) is 13.6 Å². The number of hydrogen-bond donors (Lipinski definition) is 1. The molecule has 1 amide bonds. The topological polar surface area (TPSA) is 60.0 Å². The first-order chi connectivity index (χ1) is 15.4. The van der Waals surface area contributed by atoms with E-state index in [1.54, 1.807) is 44.6 Å². The number of likely N-dealkylation sites (tertiary alicyclic amines) is 1. The number of carbonyl (C=O) groups excluding carboxylic acids is 1. The highest BCUT2D eigenvalue weighted by Crippen LogP contribution is 2.27. The molecule has 1 N–H and O–H groups in total. The van der Waals surface area contributed by atoms with E-state index in [-0.39, 0.29) is 11.7 Å². The van der Waals surface area contributed by atoms with Crippen LogP contribution in [0, 0.1) is 5.92 Å². The molecule has 1 aliphatic heterocycles. The van der Waals surface area contributed by atoms with E-state index in [0.717, 1.165) is 44.5 Å². The van der Waals surface area contributed by atoms with Gasteiger partial charge in [0.2, 0.25) is 5.91 Å². The fourth-order valence-electron chi connectivity index (χ4n) is 4.00. The highest BCUT2D eigenvalue weighted by molar-refractivity contribution is 5.91. The van der Waals surface area contributed by atoms with E-state index in [4.69, 9.17) is 9.47 Å². The van der Waals surface area contributed by atoms with Crippen molar-refractivity contribution in [3.8, 4) is 17.2 Å². The van der Waals surface area contributed by atoms with E-state index in [1.165, 1.54) is 0 Å². The molecule has 3 rings (SSSR count). The van der Waals surface area contributed by atoms with E-state index in [2.05, 4.69) is 15.0 Å². The van der Waals surface area contributed by atoms with Crippen molar-refractivity contribution in [1.29, 1.82) is 0 Å². The van der Waals surface area contributed by atoms with Gasteiger partial charge in [0.15, 0.2) is 0 Å². The van der Waals surface area contributed by atoms with Gasteiger partial charge < -0.3 is 19.5 Å². The SMILES string of the molecule is COc1cc(NC(=O)CC[C@@H]2CCCN(Cc3ccc(OC(F)F)cc3)C2)cc(OC)c1. The van der Waals surface area contributed by atoms with Crippen LogP contribution in [0.1, 0.15) is 31.2 Å². The smallest absolute Gasteiger partial charge is 0.387 e. The third kappa shape index (κ3) is 7.37. The van der Waals surface area contributed by atoms with Crippen molar-refractivity contribution in [1.82, 2.24) is 4.90 Å². The van der Waals surface area contributed by atoms with Crippen LogP contribution in [0.2, 0.25) is 0 Å². The van der Waals surface area contributed by atoms with Gasteiger partial charge in [-0.1, -0.05) is 12.1 Å². The number of anilines is 1. The minimum absolute atomic E-state index is 0.0351. The highest BCUT2D eigenvalue weighted by atomic mass is 19.3. The Morgan fingerprint density at radius 1 is 1.09 bits per heavy atom. The summed E-state index contributed by atoms with van der Waals surface area (Å²) in [5.41, 5.74) is 1.70. The fourth-order valence-corrected chi connectivity index (χ4v) is 4.00. The molecule has 1 aliphatic rings. The normalized spacial score (nSPS) is 16.6. The predicted octanol–water partition coefficient (Wildman–Crippen LogP) is 4.94. The molecule has 1 saturated heterocycles. The average Bonchev–Trinajstić information content (AvgIpc) is 2.78. The third-order valence-corrected chi connectivity index (χ3v) is 5.57. The Morgan fingerprint density at radius 3 is 2.41 bits per heavy atom. The van der Waals surface area contributed by atoms with E-state index < -0.39 is 6.61 Å². The first kappa shape index (κ1) is 23.8. The standard InChI is InChI=1S/C24H30F2N2O4/c1-30-21-12-19(13-22(14-21)31-2)27-23(29)10-7-17-4-3-11-28(15-17)16-18-5-8-20(9-6-18)32-24(25)26/h5-6,8-9,12-14,17,24H,3-4,7,10-11,15-16H2,1-2H3,(H,27,29)/t17-/m0/s1.